The van der Waals surface area contributed by atoms with Crippen LogP contribution in [0.1, 0.15) is 35.9 Å². The first-order valence-corrected chi connectivity index (χ1v) is 6.45. The van der Waals surface area contributed by atoms with E-state index in [-0.39, 0.29) is 17.4 Å². The molecule has 2 rings (SSSR count). The highest BCUT2D eigenvalue weighted by Gasteiger charge is 2.18. The number of aromatic nitrogens is 3. The highest BCUT2D eigenvalue weighted by atomic mass is 16.2. The number of aryl methyl sites for hydroxylation is 1. The standard InChI is InChI=1S/C14H16N4O3/c1-8(2)17-7-10(12(15)19)13(20)18(14(17)21)11-6-4-5-9(3)16-11/h4-8H,1-3H3,(H2,15,19). The van der Waals surface area contributed by atoms with E-state index in [1.165, 1.54) is 16.8 Å². The Morgan fingerprint density at radius 1 is 1.29 bits per heavy atom. The maximum absolute atomic E-state index is 12.5. The minimum Gasteiger partial charge on any atom is -0.365 e. The third kappa shape index (κ3) is 2.62. The highest BCUT2D eigenvalue weighted by Crippen LogP contribution is 2.04. The Hall–Kier alpha value is -2.70. The summed E-state index contributed by atoms with van der Waals surface area (Å²) in [5, 5.41) is 0. The van der Waals surface area contributed by atoms with Crippen molar-refractivity contribution in [1.29, 1.82) is 0 Å². The molecule has 0 atom stereocenters. The summed E-state index contributed by atoms with van der Waals surface area (Å²) >= 11 is 0. The first-order valence-electron chi connectivity index (χ1n) is 6.45. The second-order valence-corrected chi connectivity index (χ2v) is 4.97. The lowest BCUT2D eigenvalue weighted by Gasteiger charge is -2.14. The fraction of sp³-hybridized carbons (Fsp3) is 0.286. The van der Waals surface area contributed by atoms with Gasteiger partial charge in [0.15, 0.2) is 0 Å². The summed E-state index contributed by atoms with van der Waals surface area (Å²) < 4.78 is 2.15. The van der Waals surface area contributed by atoms with Gasteiger partial charge in [0, 0.05) is 17.9 Å². The summed E-state index contributed by atoms with van der Waals surface area (Å²) in [4.78, 5) is 40.4. The van der Waals surface area contributed by atoms with Crippen LogP contribution in [-0.4, -0.2) is 20.0 Å². The zero-order valence-electron chi connectivity index (χ0n) is 12.0. The minimum absolute atomic E-state index is 0.169. The monoisotopic (exact) mass is 288 g/mol. The molecule has 0 aromatic carbocycles. The Morgan fingerprint density at radius 3 is 2.48 bits per heavy atom. The third-order valence-corrected chi connectivity index (χ3v) is 3.04. The SMILES string of the molecule is Cc1cccc(-n2c(=O)c(C(N)=O)cn(C(C)C)c2=O)n1. The second-order valence-electron chi connectivity index (χ2n) is 4.97. The van der Waals surface area contributed by atoms with Gasteiger partial charge in [-0.1, -0.05) is 6.07 Å². The third-order valence-electron chi connectivity index (χ3n) is 3.04. The number of amides is 1. The maximum atomic E-state index is 12.5. The van der Waals surface area contributed by atoms with Crippen molar-refractivity contribution in [3.8, 4) is 5.82 Å². The highest BCUT2D eigenvalue weighted by molar-refractivity contribution is 5.92. The molecule has 2 aromatic rings. The lowest BCUT2D eigenvalue weighted by Crippen LogP contribution is -2.43. The number of carbonyl (C=O) groups excluding carboxylic acids is 1. The van der Waals surface area contributed by atoms with Crippen molar-refractivity contribution in [1.82, 2.24) is 14.1 Å². The molecule has 0 fully saturated rings. The Morgan fingerprint density at radius 2 is 1.95 bits per heavy atom. The molecule has 0 radical (unpaired) electrons. The van der Waals surface area contributed by atoms with E-state index in [0.717, 1.165) is 4.57 Å². The molecule has 2 N–H and O–H groups in total. The molecule has 7 nitrogen and oxygen atoms in total. The van der Waals surface area contributed by atoms with Gasteiger partial charge < -0.3 is 5.73 Å². The van der Waals surface area contributed by atoms with Crippen molar-refractivity contribution < 1.29 is 4.79 Å². The van der Waals surface area contributed by atoms with Gasteiger partial charge in [-0.05, 0) is 32.9 Å². The summed E-state index contributed by atoms with van der Waals surface area (Å²) in [6.45, 7) is 5.28. The number of nitrogens with zero attached hydrogens (tertiary/aromatic N) is 3. The summed E-state index contributed by atoms with van der Waals surface area (Å²) in [5.74, 6) is -0.710. The zero-order chi connectivity index (χ0) is 15.7. The van der Waals surface area contributed by atoms with Gasteiger partial charge in [-0.3, -0.25) is 14.2 Å². The molecule has 0 unspecified atom stereocenters. The van der Waals surface area contributed by atoms with Crippen LogP contribution < -0.4 is 17.0 Å². The number of pyridine rings is 1. The Balaban J connectivity index is 2.91. The van der Waals surface area contributed by atoms with Gasteiger partial charge in [0.05, 0.1) is 0 Å². The molecule has 0 aliphatic carbocycles. The van der Waals surface area contributed by atoms with Gasteiger partial charge in [-0.15, -0.1) is 0 Å². The molecular weight excluding hydrogens is 272 g/mol. The van der Waals surface area contributed by atoms with Crippen LogP contribution >= 0.6 is 0 Å². The van der Waals surface area contributed by atoms with Crippen LogP contribution in [0.5, 0.6) is 0 Å². The van der Waals surface area contributed by atoms with Crippen LogP contribution in [0, 0.1) is 6.92 Å². The molecule has 0 bridgehead atoms. The average Bonchev–Trinajstić information content (AvgIpc) is 2.38. The van der Waals surface area contributed by atoms with Gasteiger partial charge in [-0.2, -0.15) is 0 Å². The number of carbonyl (C=O) groups is 1. The minimum atomic E-state index is -0.879. The van der Waals surface area contributed by atoms with E-state index >= 15 is 0 Å². The van der Waals surface area contributed by atoms with Crippen molar-refractivity contribution in [2.24, 2.45) is 5.73 Å². The molecule has 7 heteroatoms. The van der Waals surface area contributed by atoms with E-state index in [1.807, 2.05) is 0 Å². The number of hydrogen-bond donors (Lipinski definition) is 1. The summed E-state index contributed by atoms with van der Waals surface area (Å²) in [6, 6.07) is 4.73. The van der Waals surface area contributed by atoms with Crippen LogP contribution in [0.4, 0.5) is 0 Å². The van der Waals surface area contributed by atoms with Crippen molar-refractivity contribution in [3.63, 3.8) is 0 Å². The van der Waals surface area contributed by atoms with Gasteiger partial charge in [-0.25, -0.2) is 14.3 Å². The van der Waals surface area contributed by atoms with E-state index in [2.05, 4.69) is 4.98 Å². The van der Waals surface area contributed by atoms with E-state index in [1.54, 1.807) is 32.9 Å². The first kappa shape index (κ1) is 14.7. The summed E-state index contributed by atoms with van der Waals surface area (Å²) in [7, 11) is 0. The van der Waals surface area contributed by atoms with Crippen molar-refractivity contribution in [2.75, 3.05) is 0 Å². The van der Waals surface area contributed by atoms with E-state index < -0.39 is 17.2 Å². The lowest BCUT2D eigenvalue weighted by atomic mass is 10.3. The van der Waals surface area contributed by atoms with E-state index in [4.69, 9.17) is 5.73 Å². The fourth-order valence-corrected chi connectivity index (χ4v) is 1.97. The van der Waals surface area contributed by atoms with Crippen molar-refractivity contribution in [2.45, 2.75) is 26.8 Å². The zero-order valence-corrected chi connectivity index (χ0v) is 12.0. The van der Waals surface area contributed by atoms with Crippen LogP contribution in [0.3, 0.4) is 0 Å². The van der Waals surface area contributed by atoms with Crippen molar-refractivity contribution in [3.05, 3.63) is 56.5 Å². The lowest BCUT2D eigenvalue weighted by molar-refractivity contribution is 0.0997. The molecule has 1 amide bonds. The van der Waals surface area contributed by atoms with Gasteiger partial charge in [0.2, 0.25) is 0 Å². The molecule has 21 heavy (non-hydrogen) atoms. The molecule has 0 spiro atoms. The van der Waals surface area contributed by atoms with Crippen LogP contribution in [0.15, 0.2) is 34.0 Å². The maximum Gasteiger partial charge on any atom is 0.337 e. The van der Waals surface area contributed by atoms with Gasteiger partial charge >= 0.3 is 5.69 Å². The largest absolute Gasteiger partial charge is 0.365 e. The molecule has 0 aliphatic heterocycles. The number of rotatable bonds is 3. The van der Waals surface area contributed by atoms with Crippen molar-refractivity contribution >= 4 is 5.91 Å². The molecule has 2 aromatic heterocycles. The van der Waals surface area contributed by atoms with E-state index in [0.29, 0.717) is 5.69 Å². The number of hydrogen-bond acceptors (Lipinski definition) is 4. The molecular formula is C14H16N4O3. The number of primary amides is 1. The number of nitrogens with two attached hydrogens (primary N) is 1. The molecule has 0 saturated carbocycles. The van der Waals surface area contributed by atoms with Crippen LogP contribution in [0.2, 0.25) is 0 Å². The topological polar surface area (TPSA) is 100.0 Å². The summed E-state index contributed by atoms with van der Waals surface area (Å²) in [6.07, 6.45) is 1.20. The predicted octanol–water partition coefficient (Wildman–Crippen LogP) is 0.382. The van der Waals surface area contributed by atoms with E-state index in [9.17, 15) is 14.4 Å². The van der Waals surface area contributed by atoms with Crippen LogP contribution in [-0.2, 0) is 0 Å². The Bertz CT molecular complexity index is 818. The first-order chi connectivity index (χ1) is 9.82. The average molecular weight is 288 g/mol. The van der Waals surface area contributed by atoms with Crippen LogP contribution in [0.25, 0.3) is 5.82 Å². The quantitative estimate of drug-likeness (QED) is 0.882. The summed E-state index contributed by atoms with van der Waals surface area (Å²) in [5.41, 5.74) is 4.31. The van der Waals surface area contributed by atoms with Gasteiger partial charge in [0.25, 0.3) is 11.5 Å². The second kappa shape index (κ2) is 5.35. The molecule has 0 saturated heterocycles. The molecule has 110 valence electrons. The fourth-order valence-electron chi connectivity index (χ4n) is 1.97. The Labute approximate surface area is 120 Å². The predicted molar refractivity (Wildman–Crippen MR) is 77.7 cm³/mol. The smallest absolute Gasteiger partial charge is 0.337 e. The van der Waals surface area contributed by atoms with Gasteiger partial charge in [0.1, 0.15) is 11.4 Å². The normalized spacial score (nSPS) is 10.9. The molecule has 0 aliphatic rings. The Kier molecular flexibility index (Phi) is 3.75. The molecule has 2 heterocycles.